The quantitative estimate of drug-likeness (QED) is 0.834. The van der Waals surface area contributed by atoms with Crippen LogP contribution in [-0.4, -0.2) is 9.78 Å². The minimum absolute atomic E-state index is 0.212. The summed E-state index contributed by atoms with van der Waals surface area (Å²) in [7, 11) is 1.90. The number of anilines is 1. The van der Waals surface area contributed by atoms with Gasteiger partial charge in [-0.05, 0) is 18.6 Å². The zero-order valence-electron chi connectivity index (χ0n) is 8.97. The molecule has 4 nitrogen and oxygen atoms in total. The highest BCUT2D eigenvalue weighted by Gasteiger charge is 2.11. The first-order valence-electron chi connectivity index (χ1n) is 5.08. The molecule has 0 aromatic carbocycles. The maximum absolute atomic E-state index is 5.38. The van der Waals surface area contributed by atoms with E-state index < -0.39 is 0 Å². The first-order chi connectivity index (χ1) is 7.29. The van der Waals surface area contributed by atoms with E-state index in [4.69, 9.17) is 4.42 Å². The van der Waals surface area contributed by atoms with Crippen LogP contribution >= 0.6 is 0 Å². The lowest BCUT2D eigenvalue weighted by atomic mass is 10.1. The van der Waals surface area contributed by atoms with Crippen molar-refractivity contribution in [1.29, 1.82) is 0 Å². The predicted octanol–water partition coefficient (Wildman–Crippen LogP) is 2.58. The van der Waals surface area contributed by atoms with Crippen molar-refractivity contribution < 1.29 is 4.42 Å². The van der Waals surface area contributed by atoms with Crippen LogP contribution in [0.5, 0.6) is 0 Å². The Labute approximate surface area is 88.9 Å². The molecule has 1 atom stereocenters. The van der Waals surface area contributed by atoms with Crippen molar-refractivity contribution in [2.75, 3.05) is 5.32 Å². The summed E-state index contributed by atoms with van der Waals surface area (Å²) in [6, 6.07) is 4.10. The standard InChI is InChI=1S/C11H15N3O/c1-3-10(11-5-4-6-15-11)13-9-7-12-14(2)8-9/h4-8,10,13H,3H2,1-2H3. The minimum atomic E-state index is 0.212. The maximum Gasteiger partial charge on any atom is 0.125 e. The summed E-state index contributed by atoms with van der Waals surface area (Å²) < 4.78 is 7.15. The maximum atomic E-state index is 5.38. The third-order valence-electron chi connectivity index (χ3n) is 2.34. The number of furan rings is 1. The number of nitrogens with one attached hydrogen (secondary N) is 1. The predicted molar refractivity (Wildman–Crippen MR) is 58.6 cm³/mol. The van der Waals surface area contributed by atoms with E-state index in [0.717, 1.165) is 17.9 Å². The number of aromatic nitrogens is 2. The Morgan fingerprint density at radius 1 is 1.60 bits per heavy atom. The van der Waals surface area contributed by atoms with E-state index in [0.29, 0.717) is 0 Å². The molecule has 2 heterocycles. The van der Waals surface area contributed by atoms with Gasteiger partial charge in [0.1, 0.15) is 5.76 Å². The monoisotopic (exact) mass is 205 g/mol. The Bertz CT molecular complexity index is 405. The average Bonchev–Trinajstić information content (AvgIpc) is 2.85. The number of hydrogen-bond acceptors (Lipinski definition) is 3. The fourth-order valence-electron chi connectivity index (χ4n) is 1.56. The highest BCUT2D eigenvalue weighted by atomic mass is 16.3. The SMILES string of the molecule is CCC(Nc1cnn(C)c1)c1ccco1. The number of rotatable bonds is 4. The zero-order valence-corrected chi connectivity index (χ0v) is 8.97. The summed E-state index contributed by atoms with van der Waals surface area (Å²) in [5, 5.41) is 7.48. The molecule has 2 aromatic heterocycles. The molecule has 0 bridgehead atoms. The molecule has 0 amide bonds. The van der Waals surface area contributed by atoms with Gasteiger partial charge in [0, 0.05) is 13.2 Å². The second-order valence-electron chi connectivity index (χ2n) is 3.52. The van der Waals surface area contributed by atoms with E-state index in [1.807, 2.05) is 31.6 Å². The summed E-state index contributed by atoms with van der Waals surface area (Å²) >= 11 is 0. The largest absolute Gasteiger partial charge is 0.467 e. The molecule has 2 rings (SSSR count). The molecule has 1 N–H and O–H groups in total. The molecule has 0 spiro atoms. The molecule has 0 aliphatic heterocycles. The van der Waals surface area contributed by atoms with Crippen LogP contribution in [0.2, 0.25) is 0 Å². The molecule has 15 heavy (non-hydrogen) atoms. The lowest BCUT2D eigenvalue weighted by Gasteiger charge is -2.13. The van der Waals surface area contributed by atoms with E-state index >= 15 is 0 Å². The van der Waals surface area contributed by atoms with Gasteiger partial charge in [-0.1, -0.05) is 6.92 Å². The van der Waals surface area contributed by atoms with Crippen LogP contribution in [0.3, 0.4) is 0 Å². The second kappa shape index (κ2) is 4.21. The molecule has 0 saturated carbocycles. The van der Waals surface area contributed by atoms with Crippen LogP contribution in [0, 0.1) is 0 Å². The van der Waals surface area contributed by atoms with Gasteiger partial charge >= 0.3 is 0 Å². The highest BCUT2D eigenvalue weighted by Crippen LogP contribution is 2.22. The zero-order chi connectivity index (χ0) is 10.7. The average molecular weight is 205 g/mol. The van der Waals surface area contributed by atoms with Gasteiger partial charge in [0.05, 0.1) is 24.2 Å². The third kappa shape index (κ3) is 2.21. The van der Waals surface area contributed by atoms with E-state index in [1.54, 1.807) is 10.9 Å². The summed E-state index contributed by atoms with van der Waals surface area (Å²) in [6.07, 6.45) is 6.43. The topological polar surface area (TPSA) is 43.0 Å². The fraction of sp³-hybridized carbons (Fsp3) is 0.364. The van der Waals surface area contributed by atoms with Crippen LogP contribution in [0.1, 0.15) is 25.1 Å². The van der Waals surface area contributed by atoms with E-state index in [1.165, 1.54) is 0 Å². The van der Waals surface area contributed by atoms with Crippen molar-refractivity contribution in [3.8, 4) is 0 Å². The lowest BCUT2D eigenvalue weighted by molar-refractivity contribution is 0.474. The van der Waals surface area contributed by atoms with Crippen LogP contribution in [0.25, 0.3) is 0 Å². The molecule has 0 saturated heterocycles. The van der Waals surface area contributed by atoms with Crippen LogP contribution in [0.15, 0.2) is 35.2 Å². The van der Waals surface area contributed by atoms with Crippen molar-refractivity contribution in [3.63, 3.8) is 0 Å². The van der Waals surface area contributed by atoms with Gasteiger partial charge in [-0.3, -0.25) is 4.68 Å². The van der Waals surface area contributed by atoms with E-state index in [9.17, 15) is 0 Å². The van der Waals surface area contributed by atoms with Crippen molar-refractivity contribution >= 4 is 5.69 Å². The molecule has 0 aliphatic carbocycles. The van der Waals surface area contributed by atoms with Gasteiger partial charge < -0.3 is 9.73 Å². The Morgan fingerprint density at radius 3 is 3.00 bits per heavy atom. The Hall–Kier alpha value is -1.71. The fourth-order valence-corrected chi connectivity index (χ4v) is 1.56. The molecule has 4 heteroatoms. The molecule has 1 unspecified atom stereocenters. The molecule has 0 fully saturated rings. The molecule has 80 valence electrons. The van der Waals surface area contributed by atoms with Crippen molar-refractivity contribution in [2.24, 2.45) is 7.05 Å². The summed E-state index contributed by atoms with van der Waals surface area (Å²) in [5.41, 5.74) is 1.01. The number of aryl methyl sites for hydroxylation is 1. The first kappa shape index (κ1) is 9.83. The number of nitrogens with zero attached hydrogens (tertiary/aromatic N) is 2. The van der Waals surface area contributed by atoms with Crippen molar-refractivity contribution in [1.82, 2.24) is 9.78 Å². The van der Waals surface area contributed by atoms with Crippen molar-refractivity contribution in [3.05, 3.63) is 36.5 Å². The molecule has 0 radical (unpaired) electrons. The van der Waals surface area contributed by atoms with Gasteiger partial charge in [-0.2, -0.15) is 5.10 Å². The van der Waals surface area contributed by atoms with Gasteiger partial charge in [-0.25, -0.2) is 0 Å². The molecular formula is C11H15N3O. The normalized spacial score (nSPS) is 12.7. The van der Waals surface area contributed by atoms with Crippen LogP contribution in [-0.2, 0) is 7.05 Å². The summed E-state index contributed by atoms with van der Waals surface area (Å²) in [5.74, 6) is 0.960. The molecular weight excluding hydrogens is 190 g/mol. The number of hydrogen-bond donors (Lipinski definition) is 1. The molecule has 0 aliphatic rings. The van der Waals surface area contributed by atoms with Gasteiger partial charge in [0.15, 0.2) is 0 Å². The Balaban J connectivity index is 2.09. The summed E-state index contributed by atoms with van der Waals surface area (Å²) in [4.78, 5) is 0. The van der Waals surface area contributed by atoms with Gasteiger partial charge in [-0.15, -0.1) is 0 Å². The van der Waals surface area contributed by atoms with Crippen LogP contribution in [0.4, 0.5) is 5.69 Å². The van der Waals surface area contributed by atoms with Gasteiger partial charge in [0.2, 0.25) is 0 Å². The smallest absolute Gasteiger partial charge is 0.125 e. The van der Waals surface area contributed by atoms with E-state index in [2.05, 4.69) is 17.3 Å². The second-order valence-corrected chi connectivity index (χ2v) is 3.52. The summed E-state index contributed by atoms with van der Waals surface area (Å²) in [6.45, 7) is 2.12. The minimum Gasteiger partial charge on any atom is -0.467 e. The van der Waals surface area contributed by atoms with Crippen molar-refractivity contribution in [2.45, 2.75) is 19.4 Å². The van der Waals surface area contributed by atoms with E-state index in [-0.39, 0.29) is 6.04 Å². The lowest BCUT2D eigenvalue weighted by Crippen LogP contribution is -2.07. The van der Waals surface area contributed by atoms with Crippen LogP contribution < -0.4 is 5.32 Å². The molecule has 2 aromatic rings. The Morgan fingerprint density at radius 2 is 2.47 bits per heavy atom. The Kier molecular flexibility index (Phi) is 2.76. The van der Waals surface area contributed by atoms with Gasteiger partial charge in [0.25, 0.3) is 0 Å². The third-order valence-corrected chi connectivity index (χ3v) is 2.34. The first-order valence-corrected chi connectivity index (χ1v) is 5.08. The highest BCUT2D eigenvalue weighted by molar-refractivity contribution is 5.40.